The lowest BCUT2D eigenvalue weighted by Crippen LogP contribution is -2.22. The van der Waals surface area contributed by atoms with Crippen LogP contribution in [0.2, 0.25) is 0 Å². The first kappa shape index (κ1) is 17.9. The van der Waals surface area contributed by atoms with E-state index in [2.05, 4.69) is 20.5 Å². The van der Waals surface area contributed by atoms with Gasteiger partial charge in [-0.05, 0) is 32.0 Å². The molecule has 1 amide bonds. The lowest BCUT2D eigenvalue weighted by atomic mass is 10.2. The average molecular weight is 398 g/mol. The van der Waals surface area contributed by atoms with Gasteiger partial charge in [-0.25, -0.2) is 13.8 Å². The predicted octanol–water partition coefficient (Wildman–Crippen LogP) is 4.37. The van der Waals surface area contributed by atoms with Crippen LogP contribution in [0.5, 0.6) is 0 Å². The monoisotopic (exact) mass is 398 g/mol. The van der Waals surface area contributed by atoms with E-state index in [1.807, 2.05) is 6.92 Å². The van der Waals surface area contributed by atoms with Gasteiger partial charge < -0.3 is 5.32 Å². The molecule has 0 aliphatic rings. The molecule has 130 valence electrons. The quantitative estimate of drug-likeness (QED) is 0.647. The summed E-state index contributed by atoms with van der Waals surface area (Å²) in [5.74, 6) is -2.07. The normalized spacial score (nSPS) is 12.2. The Morgan fingerprint density at radius 2 is 2.08 bits per heavy atom. The summed E-state index contributed by atoms with van der Waals surface area (Å²) < 4.78 is 27.0. The summed E-state index contributed by atoms with van der Waals surface area (Å²) in [7, 11) is 0. The lowest BCUT2D eigenvalue weighted by Gasteiger charge is -2.07. The third-order valence-electron chi connectivity index (χ3n) is 3.10. The van der Waals surface area contributed by atoms with Gasteiger partial charge in [0.25, 0.3) is 0 Å². The molecule has 3 rings (SSSR count). The molecule has 2 heterocycles. The number of carbonyl (C=O) groups excluding carboxylic acids is 1. The molecule has 0 saturated carbocycles. The van der Waals surface area contributed by atoms with Crippen LogP contribution in [0.3, 0.4) is 0 Å². The largest absolute Gasteiger partial charge is 0.301 e. The standard InChI is InChI=1S/C15H12F2N4OS3/c1-7(24-15-21-20-8(2)25-15)13(22)19-14-18-12(6-23-14)9-3-4-10(16)11(17)5-9/h3-7H,1-2H3,(H,18,19,22). The second kappa shape index (κ2) is 7.54. The minimum Gasteiger partial charge on any atom is -0.301 e. The van der Waals surface area contributed by atoms with Crippen molar-refractivity contribution in [2.24, 2.45) is 0 Å². The molecule has 1 aromatic carbocycles. The third kappa shape index (κ3) is 4.39. The molecule has 10 heteroatoms. The summed E-state index contributed by atoms with van der Waals surface area (Å²) in [6.07, 6.45) is 0. The van der Waals surface area contributed by atoms with Crippen molar-refractivity contribution < 1.29 is 13.6 Å². The lowest BCUT2D eigenvalue weighted by molar-refractivity contribution is -0.115. The first-order valence-electron chi connectivity index (χ1n) is 7.11. The van der Waals surface area contributed by atoms with Gasteiger partial charge in [0.1, 0.15) is 5.01 Å². The molecule has 0 spiro atoms. The topological polar surface area (TPSA) is 67.8 Å². The van der Waals surface area contributed by atoms with Crippen LogP contribution >= 0.6 is 34.4 Å². The molecule has 1 unspecified atom stereocenters. The van der Waals surface area contributed by atoms with Crippen LogP contribution in [0, 0.1) is 18.6 Å². The van der Waals surface area contributed by atoms with Gasteiger partial charge in [0.15, 0.2) is 21.1 Å². The fourth-order valence-corrected chi connectivity index (χ4v) is 4.54. The van der Waals surface area contributed by atoms with E-state index in [1.54, 1.807) is 12.3 Å². The summed E-state index contributed by atoms with van der Waals surface area (Å²) in [4.78, 5) is 16.5. The fourth-order valence-electron chi connectivity index (χ4n) is 1.86. The van der Waals surface area contributed by atoms with E-state index >= 15 is 0 Å². The van der Waals surface area contributed by atoms with E-state index in [-0.39, 0.29) is 11.2 Å². The summed E-state index contributed by atoms with van der Waals surface area (Å²) in [5, 5.41) is 13.1. The van der Waals surface area contributed by atoms with Crippen molar-refractivity contribution in [2.45, 2.75) is 23.4 Å². The number of hydrogen-bond donors (Lipinski definition) is 1. The maximum absolute atomic E-state index is 13.3. The van der Waals surface area contributed by atoms with Crippen LogP contribution in [-0.4, -0.2) is 26.3 Å². The number of aryl methyl sites for hydroxylation is 1. The van der Waals surface area contributed by atoms with E-state index in [1.165, 1.54) is 40.5 Å². The number of carbonyl (C=O) groups is 1. The highest BCUT2D eigenvalue weighted by atomic mass is 32.2. The molecule has 1 N–H and O–H groups in total. The zero-order chi connectivity index (χ0) is 18.0. The number of amides is 1. The Balaban J connectivity index is 1.66. The first-order valence-corrected chi connectivity index (χ1v) is 9.68. The number of aromatic nitrogens is 3. The van der Waals surface area contributed by atoms with Crippen LogP contribution in [0.25, 0.3) is 11.3 Å². The number of thioether (sulfide) groups is 1. The SMILES string of the molecule is Cc1nnc(SC(C)C(=O)Nc2nc(-c3ccc(F)c(F)c3)cs2)s1. The van der Waals surface area contributed by atoms with E-state index in [0.29, 0.717) is 16.4 Å². The Morgan fingerprint density at radius 1 is 1.28 bits per heavy atom. The Kier molecular flexibility index (Phi) is 5.40. The molecular weight excluding hydrogens is 386 g/mol. The number of nitrogens with one attached hydrogen (secondary N) is 1. The molecular formula is C15H12F2N4OS3. The molecule has 25 heavy (non-hydrogen) atoms. The molecule has 3 aromatic rings. The highest BCUT2D eigenvalue weighted by molar-refractivity contribution is 8.02. The molecule has 0 fully saturated rings. The fraction of sp³-hybridized carbons (Fsp3) is 0.200. The number of rotatable bonds is 5. The number of halogens is 2. The summed E-state index contributed by atoms with van der Waals surface area (Å²) in [6.45, 7) is 3.61. The minimum absolute atomic E-state index is 0.218. The molecule has 0 radical (unpaired) electrons. The second-order valence-corrected chi connectivity index (χ2v) is 8.63. The smallest absolute Gasteiger partial charge is 0.239 e. The van der Waals surface area contributed by atoms with Crippen molar-refractivity contribution in [3.8, 4) is 11.3 Å². The molecule has 0 bridgehead atoms. The van der Waals surface area contributed by atoms with E-state index in [4.69, 9.17) is 0 Å². The van der Waals surface area contributed by atoms with Crippen LogP contribution < -0.4 is 5.32 Å². The molecule has 0 aliphatic carbocycles. The van der Waals surface area contributed by atoms with Gasteiger partial charge in [0.2, 0.25) is 5.91 Å². The predicted molar refractivity (Wildman–Crippen MR) is 96.1 cm³/mol. The van der Waals surface area contributed by atoms with Crippen molar-refractivity contribution in [3.05, 3.63) is 40.2 Å². The maximum Gasteiger partial charge on any atom is 0.239 e. The Bertz CT molecular complexity index is 912. The maximum atomic E-state index is 13.3. The molecule has 0 aliphatic heterocycles. The highest BCUT2D eigenvalue weighted by Gasteiger charge is 2.18. The number of anilines is 1. The van der Waals surface area contributed by atoms with Gasteiger partial charge in [-0.1, -0.05) is 23.1 Å². The van der Waals surface area contributed by atoms with Gasteiger partial charge >= 0.3 is 0 Å². The number of thiazole rings is 1. The van der Waals surface area contributed by atoms with Crippen LogP contribution in [0.4, 0.5) is 13.9 Å². The summed E-state index contributed by atoms with van der Waals surface area (Å²) >= 11 is 3.96. The Hall–Kier alpha value is -1.91. The Labute approximate surface area is 154 Å². The second-order valence-electron chi connectivity index (χ2n) is 5.00. The van der Waals surface area contributed by atoms with Gasteiger partial charge in [0.05, 0.1) is 10.9 Å². The van der Waals surface area contributed by atoms with Crippen molar-refractivity contribution in [1.29, 1.82) is 0 Å². The average Bonchev–Trinajstić information content (AvgIpc) is 3.19. The van der Waals surface area contributed by atoms with E-state index in [9.17, 15) is 13.6 Å². The van der Waals surface area contributed by atoms with Gasteiger partial charge in [-0.3, -0.25) is 4.79 Å². The number of benzene rings is 1. The first-order chi connectivity index (χ1) is 11.9. The molecule has 5 nitrogen and oxygen atoms in total. The zero-order valence-electron chi connectivity index (χ0n) is 13.1. The molecule has 0 saturated heterocycles. The van der Waals surface area contributed by atoms with Crippen molar-refractivity contribution >= 4 is 45.5 Å². The van der Waals surface area contributed by atoms with E-state index < -0.39 is 11.6 Å². The summed E-state index contributed by atoms with van der Waals surface area (Å²) in [5.41, 5.74) is 0.918. The zero-order valence-corrected chi connectivity index (χ0v) is 15.6. The number of nitrogens with zero attached hydrogens (tertiary/aromatic N) is 3. The van der Waals surface area contributed by atoms with Crippen molar-refractivity contribution in [3.63, 3.8) is 0 Å². The van der Waals surface area contributed by atoms with Crippen molar-refractivity contribution in [1.82, 2.24) is 15.2 Å². The molecule has 1 atom stereocenters. The minimum atomic E-state index is -0.937. The highest BCUT2D eigenvalue weighted by Crippen LogP contribution is 2.29. The van der Waals surface area contributed by atoms with Gasteiger partial charge in [-0.15, -0.1) is 21.5 Å². The van der Waals surface area contributed by atoms with Gasteiger partial charge in [-0.2, -0.15) is 0 Å². The number of hydrogen-bond acceptors (Lipinski definition) is 7. The van der Waals surface area contributed by atoms with Gasteiger partial charge in [0, 0.05) is 10.9 Å². The summed E-state index contributed by atoms with van der Waals surface area (Å²) in [6, 6.07) is 3.56. The Morgan fingerprint density at radius 3 is 2.76 bits per heavy atom. The van der Waals surface area contributed by atoms with E-state index in [0.717, 1.165) is 21.5 Å². The van der Waals surface area contributed by atoms with Crippen LogP contribution in [0.15, 0.2) is 27.9 Å². The van der Waals surface area contributed by atoms with Crippen molar-refractivity contribution in [2.75, 3.05) is 5.32 Å². The van der Waals surface area contributed by atoms with Crippen LogP contribution in [0.1, 0.15) is 11.9 Å². The third-order valence-corrected chi connectivity index (χ3v) is 5.88. The molecule has 2 aromatic heterocycles. The van der Waals surface area contributed by atoms with Crippen LogP contribution in [-0.2, 0) is 4.79 Å².